The molecule has 3 nitrogen and oxygen atoms in total. The van der Waals surface area contributed by atoms with Crippen molar-refractivity contribution in [2.24, 2.45) is 5.92 Å². The van der Waals surface area contributed by atoms with E-state index in [9.17, 15) is 13.5 Å². The van der Waals surface area contributed by atoms with Gasteiger partial charge < -0.3 is 5.11 Å². The lowest BCUT2D eigenvalue weighted by molar-refractivity contribution is 0.100. The SMILES string of the molecule is CS(=O)(=O)CCC1CCCC(O)C1. The second-order valence-corrected chi connectivity index (χ2v) is 6.36. The summed E-state index contributed by atoms with van der Waals surface area (Å²) < 4.78 is 21.8. The molecule has 0 aromatic rings. The molecule has 1 N–H and O–H groups in total. The number of rotatable bonds is 3. The zero-order valence-corrected chi connectivity index (χ0v) is 8.89. The summed E-state index contributed by atoms with van der Waals surface area (Å²) in [4.78, 5) is 0. The third kappa shape index (κ3) is 4.62. The van der Waals surface area contributed by atoms with Crippen LogP contribution in [0.25, 0.3) is 0 Å². The molecule has 1 aliphatic carbocycles. The Hall–Kier alpha value is -0.0900. The van der Waals surface area contributed by atoms with Gasteiger partial charge in [-0.15, -0.1) is 0 Å². The van der Waals surface area contributed by atoms with E-state index >= 15 is 0 Å². The predicted molar refractivity (Wildman–Crippen MR) is 52.3 cm³/mol. The van der Waals surface area contributed by atoms with Crippen LogP contribution in [0.2, 0.25) is 0 Å². The first-order valence-corrected chi connectivity index (χ1v) is 6.89. The molecule has 0 amide bonds. The summed E-state index contributed by atoms with van der Waals surface area (Å²) in [5, 5.41) is 9.36. The van der Waals surface area contributed by atoms with Gasteiger partial charge in [-0.05, 0) is 25.2 Å². The second kappa shape index (κ2) is 4.42. The third-order valence-corrected chi connectivity index (χ3v) is 3.63. The van der Waals surface area contributed by atoms with E-state index < -0.39 is 9.84 Å². The maximum absolute atomic E-state index is 10.9. The molecule has 0 spiro atoms. The highest BCUT2D eigenvalue weighted by atomic mass is 32.2. The highest BCUT2D eigenvalue weighted by Gasteiger charge is 2.20. The van der Waals surface area contributed by atoms with Gasteiger partial charge in [0.15, 0.2) is 0 Å². The highest BCUT2D eigenvalue weighted by molar-refractivity contribution is 7.90. The van der Waals surface area contributed by atoms with Crippen LogP contribution >= 0.6 is 0 Å². The van der Waals surface area contributed by atoms with Crippen molar-refractivity contribution < 1.29 is 13.5 Å². The molecular weight excluding hydrogens is 188 g/mol. The van der Waals surface area contributed by atoms with Crippen molar-refractivity contribution in [2.75, 3.05) is 12.0 Å². The summed E-state index contributed by atoms with van der Waals surface area (Å²) in [5.74, 6) is 0.683. The maximum Gasteiger partial charge on any atom is 0.147 e. The zero-order valence-electron chi connectivity index (χ0n) is 8.07. The number of hydrogen-bond acceptors (Lipinski definition) is 3. The van der Waals surface area contributed by atoms with Crippen molar-refractivity contribution in [3.05, 3.63) is 0 Å². The Morgan fingerprint density at radius 1 is 1.38 bits per heavy atom. The van der Waals surface area contributed by atoms with E-state index in [1.54, 1.807) is 0 Å². The average molecular weight is 206 g/mol. The largest absolute Gasteiger partial charge is 0.393 e. The van der Waals surface area contributed by atoms with Crippen molar-refractivity contribution in [3.8, 4) is 0 Å². The van der Waals surface area contributed by atoms with Crippen molar-refractivity contribution in [3.63, 3.8) is 0 Å². The highest BCUT2D eigenvalue weighted by Crippen LogP contribution is 2.26. The lowest BCUT2D eigenvalue weighted by Crippen LogP contribution is -2.21. The van der Waals surface area contributed by atoms with Crippen LogP contribution in [0, 0.1) is 5.92 Å². The van der Waals surface area contributed by atoms with Crippen LogP contribution in [0.15, 0.2) is 0 Å². The fourth-order valence-corrected chi connectivity index (χ4v) is 2.67. The molecule has 1 fully saturated rings. The lowest BCUT2D eigenvalue weighted by Gasteiger charge is -2.25. The monoisotopic (exact) mass is 206 g/mol. The molecule has 13 heavy (non-hydrogen) atoms. The minimum atomic E-state index is -2.82. The second-order valence-electron chi connectivity index (χ2n) is 4.11. The van der Waals surface area contributed by atoms with Gasteiger partial charge in [-0.25, -0.2) is 8.42 Å². The Labute approximate surface area is 80.1 Å². The Bertz CT molecular complexity index is 246. The topological polar surface area (TPSA) is 54.4 Å². The summed E-state index contributed by atoms with van der Waals surface area (Å²) in [5.41, 5.74) is 0. The number of aliphatic hydroxyl groups excluding tert-OH is 1. The van der Waals surface area contributed by atoms with Crippen LogP contribution in [0.3, 0.4) is 0 Å². The van der Waals surface area contributed by atoms with Crippen molar-refractivity contribution >= 4 is 9.84 Å². The van der Waals surface area contributed by atoms with E-state index in [1.165, 1.54) is 6.26 Å². The van der Waals surface area contributed by atoms with Gasteiger partial charge in [0.05, 0.1) is 11.9 Å². The minimum absolute atomic E-state index is 0.196. The van der Waals surface area contributed by atoms with Gasteiger partial charge in [-0.1, -0.05) is 12.8 Å². The van der Waals surface area contributed by atoms with Crippen molar-refractivity contribution in [1.29, 1.82) is 0 Å². The maximum atomic E-state index is 10.9. The predicted octanol–water partition coefficient (Wildman–Crippen LogP) is 0.972. The van der Waals surface area contributed by atoms with Gasteiger partial charge in [0, 0.05) is 6.26 Å². The molecule has 0 aromatic carbocycles. The molecule has 0 bridgehead atoms. The lowest BCUT2D eigenvalue weighted by atomic mass is 9.86. The molecule has 0 heterocycles. The van der Waals surface area contributed by atoms with E-state index in [0.29, 0.717) is 5.92 Å². The summed E-state index contributed by atoms with van der Waals surface area (Å²) in [6, 6.07) is 0. The van der Waals surface area contributed by atoms with Crippen LogP contribution in [-0.4, -0.2) is 31.6 Å². The van der Waals surface area contributed by atoms with Crippen LogP contribution in [-0.2, 0) is 9.84 Å². The Kier molecular flexibility index (Phi) is 3.74. The molecule has 1 rings (SSSR count). The number of sulfone groups is 1. The molecule has 0 aromatic heterocycles. The first-order valence-electron chi connectivity index (χ1n) is 4.83. The fraction of sp³-hybridized carbons (Fsp3) is 1.00. The first-order chi connectivity index (χ1) is 5.97. The van der Waals surface area contributed by atoms with Crippen molar-refractivity contribution in [1.82, 2.24) is 0 Å². The molecule has 0 saturated heterocycles. The Morgan fingerprint density at radius 3 is 2.62 bits per heavy atom. The minimum Gasteiger partial charge on any atom is -0.393 e. The van der Waals surface area contributed by atoms with E-state index in [-0.39, 0.29) is 11.9 Å². The van der Waals surface area contributed by atoms with Gasteiger partial charge in [0.25, 0.3) is 0 Å². The van der Waals surface area contributed by atoms with Crippen LogP contribution < -0.4 is 0 Å². The first kappa shape index (κ1) is 11.0. The van der Waals surface area contributed by atoms with Gasteiger partial charge in [-0.2, -0.15) is 0 Å². The molecule has 2 unspecified atom stereocenters. The van der Waals surface area contributed by atoms with Gasteiger partial charge >= 0.3 is 0 Å². The van der Waals surface area contributed by atoms with Gasteiger partial charge in [-0.3, -0.25) is 0 Å². The summed E-state index contributed by atoms with van der Waals surface area (Å²) in [6.45, 7) is 0. The quantitative estimate of drug-likeness (QED) is 0.748. The molecule has 2 atom stereocenters. The smallest absolute Gasteiger partial charge is 0.147 e. The third-order valence-electron chi connectivity index (χ3n) is 2.65. The van der Waals surface area contributed by atoms with Crippen molar-refractivity contribution in [2.45, 2.75) is 38.2 Å². The normalized spacial score (nSPS) is 30.3. The Balaban J connectivity index is 2.29. The summed E-state index contributed by atoms with van der Waals surface area (Å²) in [6.07, 6.45) is 5.58. The van der Waals surface area contributed by atoms with E-state index in [4.69, 9.17) is 0 Å². The summed E-state index contributed by atoms with van der Waals surface area (Å²) in [7, 11) is -2.82. The molecule has 0 radical (unpaired) electrons. The zero-order chi connectivity index (χ0) is 9.90. The summed E-state index contributed by atoms with van der Waals surface area (Å²) >= 11 is 0. The number of aliphatic hydroxyl groups is 1. The van der Waals surface area contributed by atoms with Gasteiger partial charge in [0.1, 0.15) is 9.84 Å². The van der Waals surface area contributed by atoms with E-state index in [1.807, 2.05) is 0 Å². The molecule has 0 aliphatic heterocycles. The number of hydrogen-bond donors (Lipinski definition) is 1. The molecular formula is C9H18O3S. The fourth-order valence-electron chi connectivity index (χ4n) is 1.91. The Morgan fingerprint density at radius 2 is 2.08 bits per heavy atom. The average Bonchev–Trinajstić information content (AvgIpc) is 2.00. The molecule has 4 heteroatoms. The van der Waals surface area contributed by atoms with Crippen LogP contribution in [0.4, 0.5) is 0 Å². The van der Waals surface area contributed by atoms with Crippen LogP contribution in [0.1, 0.15) is 32.1 Å². The molecule has 1 aliphatic rings. The van der Waals surface area contributed by atoms with Gasteiger partial charge in [0.2, 0.25) is 0 Å². The van der Waals surface area contributed by atoms with E-state index in [0.717, 1.165) is 32.1 Å². The van der Waals surface area contributed by atoms with Crippen LogP contribution in [0.5, 0.6) is 0 Å². The standard InChI is InChI=1S/C9H18O3S/c1-13(11,12)6-5-8-3-2-4-9(10)7-8/h8-10H,2-7H2,1H3. The molecule has 78 valence electrons. The molecule has 1 saturated carbocycles. The van der Waals surface area contributed by atoms with E-state index in [2.05, 4.69) is 0 Å².